The molecule has 0 bridgehead atoms. The molecule has 2 unspecified atom stereocenters. The lowest BCUT2D eigenvalue weighted by molar-refractivity contribution is -0.870. The maximum Gasteiger partial charge on any atom is 0.472 e. The van der Waals surface area contributed by atoms with Crippen LogP contribution in [0.15, 0.2) is 24.3 Å². The zero-order valence-corrected chi connectivity index (χ0v) is 45.1. The first kappa shape index (κ1) is 64.5. The maximum absolute atomic E-state index is 12.8. The Morgan fingerprint density at radius 3 is 1.20 bits per heavy atom. The standard InChI is InChI=1S/C56H108NO8P/c1-6-8-10-12-14-16-18-20-22-24-26-28-30-32-34-36-38-40-42-44-46-48-55(58)62-52-54(53-64-66(60,61)63-51-50-57(3,4)5)65-56(59)49-47-45-43-41-39-37-35-33-31-29-27-25-23-21-19-17-15-13-11-9-7-2/h19,21,25,27,54H,6-18,20,22-24,26,28-53H2,1-5H3/p+1/b21-19-,27-25-. The van der Waals surface area contributed by atoms with E-state index in [-0.39, 0.29) is 25.6 Å². The van der Waals surface area contributed by atoms with Crippen LogP contribution in [0.1, 0.15) is 271 Å². The summed E-state index contributed by atoms with van der Waals surface area (Å²) in [5.74, 6) is -0.787. The van der Waals surface area contributed by atoms with Gasteiger partial charge in [-0.15, -0.1) is 0 Å². The lowest BCUT2D eigenvalue weighted by Crippen LogP contribution is -2.37. The van der Waals surface area contributed by atoms with Gasteiger partial charge in [0.05, 0.1) is 27.7 Å². The quantitative estimate of drug-likeness (QED) is 0.0211. The molecule has 0 fully saturated rings. The van der Waals surface area contributed by atoms with Crippen LogP contribution in [-0.2, 0) is 32.7 Å². The predicted molar refractivity (Wildman–Crippen MR) is 280 cm³/mol. The molecule has 66 heavy (non-hydrogen) atoms. The Hall–Kier alpha value is -1.51. The normalized spacial score (nSPS) is 13.5. The van der Waals surface area contributed by atoms with Gasteiger partial charge in [-0.3, -0.25) is 18.6 Å². The molecule has 2 atom stereocenters. The van der Waals surface area contributed by atoms with E-state index in [0.717, 1.165) is 44.9 Å². The third-order valence-electron chi connectivity index (χ3n) is 12.5. The van der Waals surface area contributed by atoms with Gasteiger partial charge < -0.3 is 18.9 Å². The van der Waals surface area contributed by atoms with Crippen LogP contribution in [0, 0.1) is 0 Å². The van der Waals surface area contributed by atoms with Crippen molar-refractivity contribution in [2.75, 3.05) is 47.5 Å². The van der Waals surface area contributed by atoms with Crippen molar-refractivity contribution in [3.63, 3.8) is 0 Å². The summed E-state index contributed by atoms with van der Waals surface area (Å²) in [6.07, 6.45) is 56.6. The van der Waals surface area contributed by atoms with Crippen molar-refractivity contribution in [3.05, 3.63) is 24.3 Å². The van der Waals surface area contributed by atoms with Crippen LogP contribution >= 0.6 is 7.82 Å². The van der Waals surface area contributed by atoms with Crippen LogP contribution in [0.3, 0.4) is 0 Å². The summed E-state index contributed by atoms with van der Waals surface area (Å²) in [6, 6.07) is 0. The zero-order valence-electron chi connectivity index (χ0n) is 44.2. The van der Waals surface area contributed by atoms with E-state index in [0.29, 0.717) is 23.9 Å². The minimum atomic E-state index is -4.38. The maximum atomic E-state index is 12.8. The van der Waals surface area contributed by atoms with Crippen molar-refractivity contribution in [2.45, 2.75) is 277 Å². The fourth-order valence-electron chi connectivity index (χ4n) is 8.11. The van der Waals surface area contributed by atoms with Crippen molar-refractivity contribution >= 4 is 19.8 Å². The fraction of sp³-hybridized carbons (Fsp3) is 0.893. The third-order valence-corrected chi connectivity index (χ3v) is 13.5. The average molecular weight is 955 g/mol. The number of carbonyl (C=O) groups is 2. The van der Waals surface area contributed by atoms with Gasteiger partial charge in [0.2, 0.25) is 0 Å². The monoisotopic (exact) mass is 955 g/mol. The molecule has 0 spiro atoms. The molecule has 0 aromatic heterocycles. The van der Waals surface area contributed by atoms with Crippen molar-refractivity contribution in [1.29, 1.82) is 0 Å². The number of carbonyl (C=O) groups excluding carboxylic acids is 2. The Morgan fingerprint density at radius 1 is 0.470 bits per heavy atom. The van der Waals surface area contributed by atoms with Gasteiger partial charge in [-0.25, -0.2) is 4.57 Å². The summed E-state index contributed by atoms with van der Waals surface area (Å²) < 4.78 is 34.5. The van der Waals surface area contributed by atoms with Gasteiger partial charge in [0.15, 0.2) is 6.10 Å². The molecule has 0 saturated carbocycles. The second-order valence-corrected chi connectivity index (χ2v) is 21.8. The van der Waals surface area contributed by atoms with E-state index < -0.39 is 26.5 Å². The molecule has 0 aliphatic rings. The first-order chi connectivity index (χ1) is 32.0. The first-order valence-electron chi connectivity index (χ1n) is 28.1. The Labute approximate surface area is 409 Å². The number of hydrogen-bond acceptors (Lipinski definition) is 7. The molecule has 0 heterocycles. The Morgan fingerprint density at radius 2 is 0.818 bits per heavy atom. The SMILES string of the molecule is CCCCCCC/C=C\C/C=C\CCCCCCCCCCCC(=O)OC(COC(=O)CCCCCCCCCCCCCCCCCCCCCCC)COP(=O)(O)OCC[N+](C)(C)C. The molecule has 0 saturated heterocycles. The molecule has 0 rings (SSSR count). The number of quaternary nitrogens is 1. The van der Waals surface area contributed by atoms with Gasteiger partial charge in [0, 0.05) is 12.8 Å². The van der Waals surface area contributed by atoms with Crippen LogP contribution in [0.5, 0.6) is 0 Å². The highest BCUT2D eigenvalue weighted by Gasteiger charge is 2.27. The van der Waals surface area contributed by atoms with E-state index in [1.807, 2.05) is 21.1 Å². The van der Waals surface area contributed by atoms with E-state index in [1.54, 1.807) is 0 Å². The largest absolute Gasteiger partial charge is 0.472 e. The van der Waals surface area contributed by atoms with Crippen molar-refractivity contribution in [3.8, 4) is 0 Å². The molecule has 390 valence electrons. The second-order valence-electron chi connectivity index (χ2n) is 20.3. The van der Waals surface area contributed by atoms with Crippen LogP contribution in [0.25, 0.3) is 0 Å². The van der Waals surface area contributed by atoms with Crippen molar-refractivity contribution in [2.24, 2.45) is 0 Å². The number of unbranched alkanes of at least 4 members (excludes halogenated alkanes) is 34. The Balaban J connectivity index is 4.17. The van der Waals surface area contributed by atoms with Crippen LogP contribution < -0.4 is 0 Å². The topological polar surface area (TPSA) is 108 Å². The molecule has 0 aromatic rings. The predicted octanol–water partition coefficient (Wildman–Crippen LogP) is 17.0. The molecule has 1 N–H and O–H groups in total. The summed E-state index contributed by atoms with van der Waals surface area (Å²) in [4.78, 5) is 35.6. The van der Waals surface area contributed by atoms with Gasteiger partial charge >= 0.3 is 19.8 Å². The summed E-state index contributed by atoms with van der Waals surface area (Å²) in [5, 5.41) is 0. The third kappa shape index (κ3) is 51.9. The summed E-state index contributed by atoms with van der Waals surface area (Å²) >= 11 is 0. The summed E-state index contributed by atoms with van der Waals surface area (Å²) in [5.41, 5.74) is 0. The number of allylic oxidation sites excluding steroid dienone is 4. The number of ether oxygens (including phenoxy) is 2. The van der Waals surface area contributed by atoms with Crippen molar-refractivity contribution in [1.82, 2.24) is 0 Å². The minimum Gasteiger partial charge on any atom is -0.462 e. The van der Waals surface area contributed by atoms with E-state index in [4.69, 9.17) is 18.5 Å². The lowest BCUT2D eigenvalue weighted by Gasteiger charge is -2.24. The van der Waals surface area contributed by atoms with Crippen LogP contribution in [-0.4, -0.2) is 74.9 Å². The number of rotatable bonds is 52. The number of phosphoric ester groups is 1. The average Bonchev–Trinajstić information content (AvgIpc) is 3.27. The highest BCUT2D eigenvalue weighted by Crippen LogP contribution is 2.43. The van der Waals surface area contributed by atoms with Gasteiger partial charge in [-0.05, 0) is 44.9 Å². The highest BCUT2D eigenvalue weighted by molar-refractivity contribution is 7.47. The molecular weight excluding hydrogens is 846 g/mol. The molecule has 0 aromatic carbocycles. The number of hydrogen-bond donors (Lipinski definition) is 1. The van der Waals surface area contributed by atoms with E-state index >= 15 is 0 Å². The molecule has 0 radical (unpaired) electrons. The van der Waals surface area contributed by atoms with E-state index in [1.165, 1.54) is 193 Å². The zero-order chi connectivity index (χ0) is 48.5. The minimum absolute atomic E-state index is 0.0332. The Bertz CT molecular complexity index is 1170. The molecule has 0 amide bonds. The number of likely N-dealkylation sites (N-methyl/N-ethyl adjacent to an activating group) is 1. The van der Waals surface area contributed by atoms with E-state index in [2.05, 4.69) is 38.2 Å². The summed E-state index contributed by atoms with van der Waals surface area (Å²) in [6.45, 7) is 4.46. The number of phosphoric acid groups is 1. The molecule has 0 aliphatic carbocycles. The van der Waals surface area contributed by atoms with Gasteiger partial charge in [0.1, 0.15) is 19.8 Å². The second kappa shape index (κ2) is 48.5. The van der Waals surface area contributed by atoms with Gasteiger partial charge in [-0.2, -0.15) is 0 Å². The summed E-state index contributed by atoms with van der Waals surface area (Å²) in [7, 11) is 1.49. The molecule has 9 nitrogen and oxygen atoms in total. The Kier molecular flexibility index (Phi) is 47.4. The lowest BCUT2D eigenvalue weighted by atomic mass is 10.0. The number of esters is 2. The smallest absolute Gasteiger partial charge is 0.462 e. The molecule has 0 aliphatic heterocycles. The van der Waals surface area contributed by atoms with Gasteiger partial charge in [0.25, 0.3) is 0 Å². The van der Waals surface area contributed by atoms with Crippen molar-refractivity contribution < 1.29 is 42.1 Å². The van der Waals surface area contributed by atoms with Gasteiger partial charge in [-0.1, -0.05) is 237 Å². The van der Waals surface area contributed by atoms with E-state index in [9.17, 15) is 19.0 Å². The highest BCUT2D eigenvalue weighted by atomic mass is 31.2. The fourth-order valence-corrected chi connectivity index (χ4v) is 8.85. The number of nitrogens with zero attached hydrogens (tertiary/aromatic N) is 1. The first-order valence-corrected chi connectivity index (χ1v) is 29.6. The van der Waals surface area contributed by atoms with Crippen LogP contribution in [0.4, 0.5) is 0 Å². The van der Waals surface area contributed by atoms with Crippen LogP contribution in [0.2, 0.25) is 0 Å². The molecule has 10 heteroatoms. The molecular formula is C56H109NO8P+.